The maximum absolute atomic E-state index is 14.9. The zero-order chi connectivity index (χ0) is 24.3. The number of benzene rings is 1. The molecule has 1 saturated carbocycles. The number of halogens is 1. The fourth-order valence-electron chi connectivity index (χ4n) is 5.36. The fraction of sp³-hybridized carbons (Fsp3) is 0.393. The number of nitrogens with one attached hydrogen (secondary N) is 2. The van der Waals surface area contributed by atoms with E-state index < -0.39 is 5.82 Å². The van der Waals surface area contributed by atoms with Gasteiger partial charge in [-0.25, -0.2) is 19.3 Å². The molecule has 0 amide bonds. The quantitative estimate of drug-likeness (QED) is 0.395. The van der Waals surface area contributed by atoms with Gasteiger partial charge in [-0.1, -0.05) is 30.3 Å². The predicted octanol–water partition coefficient (Wildman–Crippen LogP) is 5.09. The molecule has 0 bridgehead atoms. The van der Waals surface area contributed by atoms with E-state index in [9.17, 15) is 4.39 Å². The summed E-state index contributed by atoms with van der Waals surface area (Å²) >= 11 is 0. The first-order valence-electron chi connectivity index (χ1n) is 12.9. The second-order valence-corrected chi connectivity index (χ2v) is 9.79. The molecule has 186 valence electrons. The van der Waals surface area contributed by atoms with Crippen molar-refractivity contribution in [3.8, 4) is 22.5 Å². The van der Waals surface area contributed by atoms with E-state index in [1.165, 1.54) is 6.20 Å². The molecule has 0 atom stereocenters. The van der Waals surface area contributed by atoms with Crippen LogP contribution in [0.4, 0.5) is 10.3 Å². The minimum absolute atomic E-state index is 0.250. The van der Waals surface area contributed by atoms with E-state index in [0.29, 0.717) is 23.7 Å². The molecule has 8 heteroatoms. The van der Waals surface area contributed by atoms with E-state index in [-0.39, 0.29) is 11.7 Å². The molecule has 2 N–H and O–H groups in total. The van der Waals surface area contributed by atoms with Gasteiger partial charge in [0.05, 0.1) is 18.1 Å². The minimum Gasteiger partial charge on any atom is -0.381 e. The van der Waals surface area contributed by atoms with Crippen LogP contribution in [0.25, 0.3) is 28.2 Å². The van der Waals surface area contributed by atoms with E-state index in [0.717, 1.165) is 68.5 Å². The predicted molar refractivity (Wildman–Crippen MR) is 138 cm³/mol. The number of pyridine rings is 1. The summed E-state index contributed by atoms with van der Waals surface area (Å²) < 4.78 is 22.3. The van der Waals surface area contributed by atoms with E-state index in [1.54, 1.807) is 6.20 Å². The van der Waals surface area contributed by atoms with Crippen LogP contribution in [-0.2, 0) is 4.74 Å². The highest BCUT2D eigenvalue weighted by Gasteiger charge is 2.25. The van der Waals surface area contributed by atoms with Crippen LogP contribution in [-0.4, -0.2) is 50.7 Å². The van der Waals surface area contributed by atoms with Crippen LogP contribution in [0, 0.1) is 5.82 Å². The van der Waals surface area contributed by atoms with Crippen molar-refractivity contribution in [3.63, 3.8) is 0 Å². The summed E-state index contributed by atoms with van der Waals surface area (Å²) in [6.07, 6.45) is 11.4. The maximum Gasteiger partial charge on any atom is 0.223 e. The van der Waals surface area contributed by atoms with Gasteiger partial charge >= 0.3 is 0 Å². The molecule has 7 nitrogen and oxygen atoms in total. The van der Waals surface area contributed by atoms with E-state index in [1.807, 2.05) is 40.9 Å². The van der Waals surface area contributed by atoms with Crippen LogP contribution < -0.4 is 10.6 Å². The topological polar surface area (TPSA) is 76.4 Å². The van der Waals surface area contributed by atoms with Crippen LogP contribution in [0.5, 0.6) is 0 Å². The Morgan fingerprint density at radius 1 is 0.806 bits per heavy atom. The lowest BCUT2D eigenvalue weighted by Gasteiger charge is -2.33. The molecule has 4 heterocycles. The standard InChI is InChI=1S/C28H31FN6O/c29-24-16-31-28(33-22-9-7-21(8-10-22)32-23-12-14-36-15-13-23)34-27(24)25-17-30-26-11-6-20(18-35(25)26)19-4-2-1-3-5-19/h1-6,11,16-18,21-23,32H,7-10,12-15H2,(H,31,33,34)/t21-,22-. The minimum atomic E-state index is -0.461. The van der Waals surface area contributed by atoms with Gasteiger partial charge in [0.2, 0.25) is 5.95 Å². The molecule has 1 aliphatic carbocycles. The Morgan fingerprint density at radius 3 is 2.36 bits per heavy atom. The smallest absolute Gasteiger partial charge is 0.223 e. The lowest BCUT2D eigenvalue weighted by atomic mass is 9.90. The third kappa shape index (κ3) is 4.96. The van der Waals surface area contributed by atoms with E-state index >= 15 is 0 Å². The summed E-state index contributed by atoms with van der Waals surface area (Å²) in [7, 11) is 0. The summed E-state index contributed by atoms with van der Waals surface area (Å²) in [5.74, 6) is -0.00163. The monoisotopic (exact) mass is 486 g/mol. The van der Waals surface area contributed by atoms with Crippen molar-refractivity contribution < 1.29 is 9.13 Å². The molecule has 1 saturated heterocycles. The zero-order valence-corrected chi connectivity index (χ0v) is 20.2. The Balaban J connectivity index is 1.17. The summed E-state index contributed by atoms with van der Waals surface area (Å²) in [5, 5.41) is 7.27. The number of anilines is 1. The largest absolute Gasteiger partial charge is 0.381 e. The summed E-state index contributed by atoms with van der Waals surface area (Å²) in [6, 6.07) is 15.5. The van der Waals surface area contributed by atoms with Crippen molar-refractivity contribution >= 4 is 11.6 Å². The molecule has 0 radical (unpaired) electrons. The van der Waals surface area contributed by atoms with Crippen LogP contribution >= 0.6 is 0 Å². The third-order valence-electron chi connectivity index (χ3n) is 7.35. The lowest BCUT2D eigenvalue weighted by molar-refractivity contribution is 0.0730. The second kappa shape index (κ2) is 10.3. The van der Waals surface area contributed by atoms with Crippen molar-refractivity contribution in [2.45, 2.75) is 56.7 Å². The first-order chi connectivity index (χ1) is 17.7. The van der Waals surface area contributed by atoms with Crippen LogP contribution in [0.1, 0.15) is 38.5 Å². The van der Waals surface area contributed by atoms with Crippen molar-refractivity contribution in [2.75, 3.05) is 18.5 Å². The summed E-state index contributed by atoms with van der Waals surface area (Å²) in [5.41, 5.74) is 3.72. The SMILES string of the molecule is Fc1cnc(N[C@H]2CC[C@H](NC3CCOCC3)CC2)nc1-c1cnc2ccc(-c3ccccc3)cn12. The Bertz CT molecular complexity index is 1310. The molecule has 2 fully saturated rings. The van der Waals surface area contributed by atoms with Crippen LogP contribution in [0.3, 0.4) is 0 Å². The number of nitrogens with zero attached hydrogens (tertiary/aromatic N) is 4. The van der Waals surface area contributed by atoms with E-state index in [2.05, 4.69) is 37.7 Å². The molecule has 0 spiro atoms. The van der Waals surface area contributed by atoms with Gasteiger partial charge < -0.3 is 15.4 Å². The normalized spacial score (nSPS) is 21.0. The number of rotatable bonds is 6. The maximum atomic E-state index is 14.9. The Hall–Kier alpha value is -3.36. The number of aromatic nitrogens is 4. The highest BCUT2D eigenvalue weighted by Crippen LogP contribution is 2.27. The number of hydrogen-bond donors (Lipinski definition) is 2. The number of fused-ring (bicyclic) bond motifs is 1. The molecule has 4 aromatic rings. The lowest BCUT2D eigenvalue weighted by Crippen LogP contribution is -2.44. The van der Waals surface area contributed by atoms with Crippen molar-refractivity contribution in [1.29, 1.82) is 0 Å². The second-order valence-electron chi connectivity index (χ2n) is 9.79. The van der Waals surface area contributed by atoms with Gasteiger partial charge in [0.1, 0.15) is 11.3 Å². The van der Waals surface area contributed by atoms with Gasteiger partial charge in [-0.05, 0) is 61.8 Å². The van der Waals surface area contributed by atoms with E-state index in [4.69, 9.17) is 4.74 Å². The average Bonchev–Trinajstić information content (AvgIpc) is 3.35. The molecule has 3 aromatic heterocycles. The van der Waals surface area contributed by atoms with Gasteiger partial charge in [0, 0.05) is 37.5 Å². The van der Waals surface area contributed by atoms with Crippen molar-refractivity contribution in [2.24, 2.45) is 0 Å². The first kappa shape index (κ1) is 23.1. The van der Waals surface area contributed by atoms with Gasteiger partial charge in [-0.3, -0.25) is 4.40 Å². The molecule has 0 unspecified atom stereocenters. The van der Waals surface area contributed by atoms with Gasteiger partial charge in [0.15, 0.2) is 5.82 Å². The molecule has 2 aliphatic rings. The van der Waals surface area contributed by atoms with Gasteiger partial charge in [0.25, 0.3) is 0 Å². The zero-order valence-electron chi connectivity index (χ0n) is 20.2. The molecule has 36 heavy (non-hydrogen) atoms. The molecule has 1 aromatic carbocycles. The molecule has 1 aliphatic heterocycles. The number of ether oxygens (including phenoxy) is 1. The van der Waals surface area contributed by atoms with Crippen molar-refractivity contribution in [3.05, 3.63) is 66.9 Å². The third-order valence-corrected chi connectivity index (χ3v) is 7.35. The van der Waals surface area contributed by atoms with Gasteiger partial charge in [-0.15, -0.1) is 0 Å². The number of imidazole rings is 1. The molecular formula is C28H31FN6O. The molecule has 6 rings (SSSR count). The Labute approximate surface area is 210 Å². The summed E-state index contributed by atoms with van der Waals surface area (Å²) in [4.78, 5) is 13.3. The molecular weight excluding hydrogens is 455 g/mol. The highest BCUT2D eigenvalue weighted by atomic mass is 19.1. The van der Waals surface area contributed by atoms with Crippen LogP contribution in [0.15, 0.2) is 61.1 Å². The Morgan fingerprint density at radius 2 is 1.56 bits per heavy atom. The number of hydrogen-bond acceptors (Lipinski definition) is 6. The average molecular weight is 487 g/mol. The fourth-order valence-corrected chi connectivity index (χ4v) is 5.36. The van der Waals surface area contributed by atoms with Gasteiger partial charge in [-0.2, -0.15) is 0 Å². The first-order valence-corrected chi connectivity index (χ1v) is 12.9. The summed E-state index contributed by atoms with van der Waals surface area (Å²) in [6.45, 7) is 1.72. The highest BCUT2D eigenvalue weighted by molar-refractivity contribution is 5.68. The Kier molecular flexibility index (Phi) is 6.61. The van der Waals surface area contributed by atoms with Crippen LogP contribution in [0.2, 0.25) is 0 Å². The van der Waals surface area contributed by atoms with Crippen molar-refractivity contribution in [1.82, 2.24) is 24.7 Å².